The van der Waals surface area contributed by atoms with Gasteiger partial charge in [0.05, 0.1) is 0 Å². The molecular formula is C12H19NO3. The predicted octanol–water partition coefficient (Wildman–Crippen LogP) is 2.45. The number of anilines is 1. The van der Waals surface area contributed by atoms with Gasteiger partial charge in [0.2, 0.25) is 5.75 Å². The summed E-state index contributed by atoms with van der Waals surface area (Å²) in [6.45, 7) is 7.48. The Bertz CT molecular complexity index is 419. The number of benzene rings is 1. The summed E-state index contributed by atoms with van der Waals surface area (Å²) in [5.74, 6) is -1.00. The van der Waals surface area contributed by atoms with E-state index < -0.39 is 5.75 Å². The van der Waals surface area contributed by atoms with Gasteiger partial charge in [-0.25, -0.2) is 0 Å². The van der Waals surface area contributed by atoms with E-state index in [9.17, 15) is 15.3 Å². The molecule has 0 unspecified atom stereocenters. The van der Waals surface area contributed by atoms with E-state index in [1.807, 2.05) is 20.8 Å². The van der Waals surface area contributed by atoms with Crippen LogP contribution < -0.4 is 5.32 Å². The minimum absolute atomic E-state index is 0.264. The first-order valence-corrected chi connectivity index (χ1v) is 5.17. The van der Waals surface area contributed by atoms with Crippen LogP contribution in [0, 0.1) is 6.92 Å². The molecular weight excluding hydrogens is 206 g/mol. The van der Waals surface area contributed by atoms with Crippen molar-refractivity contribution >= 4 is 5.69 Å². The van der Waals surface area contributed by atoms with Gasteiger partial charge in [-0.05, 0) is 12.3 Å². The molecule has 4 N–H and O–H groups in total. The molecule has 0 bridgehead atoms. The molecule has 4 nitrogen and oxygen atoms in total. The zero-order valence-electron chi connectivity index (χ0n) is 10.3. The Hall–Kier alpha value is -1.58. The largest absolute Gasteiger partial charge is 0.504 e. The Morgan fingerprint density at radius 3 is 1.81 bits per heavy atom. The lowest BCUT2D eigenvalue weighted by molar-refractivity contribution is 0.358. The molecule has 0 saturated heterocycles. The summed E-state index contributed by atoms with van der Waals surface area (Å²) in [7, 11) is 1.72. The van der Waals surface area contributed by atoms with E-state index in [1.165, 1.54) is 0 Å². The zero-order chi connectivity index (χ0) is 12.7. The topological polar surface area (TPSA) is 72.7 Å². The summed E-state index contributed by atoms with van der Waals surface area (Å²) >= 11 is 0. The highest BCUT2D eigenvalue weighted by Crippen LogP contribution is 2.49. The van der Waals surface area contributed by atoms with Crippen molar-refractivity contribution < 1.29 is 15.3 Å². The molecule has 0 aliphatic carbocycles. The van der Waals surface area contributed by atoms with Gasteiger partial charge in [0.1, 0.15) is 0 Å². The van der Waals surface area contributed by atoms with Crippen molar-refractivity contribution in [3.63, 3.8) is 0 Å². The molecule has 1 aromatic carbocycles. The Balaban J connectivity index is 3.72. The zero-order valence-corrected chi connectivity index (χ0v) is 10.3. The van der Waals surface area contributed by atoms with E-state index in [0.717, 1.165) is 0 Å². The quantitative estimate of drug-likeness (QED) is 0.437. The fourth-order valence-corrected chi connectivity index (χ4v) is 1.88. The summed E-state index contributed by atoms with van der Waals surface area (Å²) in [6.07, 6.45) is 0. The average molecular weight is 225 g/mol. The Labute approximate surface area is 95.6 Å². The van der Waals surface area contributed by atoms with Crippen molar-refractivity contribution in [3.8, 4) is 17.2 Å². The van der Waals surface area contributed by atoms with Gasteiger partial charge in [0.15, 0.2) is 11.5 Å². The molecule has 0 amide bonds. The molecule has 1 aromatic rings. The van der Waals surface area contributed by atoms with E-state index in [4.69, 9.17) is 0 Å². The molecule has 1 rings (SSSR count). The smallest absolute Gasteiger partial charge is 0.201 e. The monoisotopic (exact) mass is 225 g/mol. The van der Waals surface area contributed by atoms with Crippen molar-refractivity contribution in [1.82, 2.24) is 0 Å². The predicted molar refractivity (Wildman–Crippen MR) is 64.4 cm³/mol. The van der Waals surface area contributed by atoms with Crippen LogP contribution in [0.4, 0.5) is 5.69 Å². The number of aromatic hydroxyl groups is 3. The average Bonchev–Trinajstić information content (AvgIpc) is 2.18. The van der Waals surface area contributed by atoms with Crippen LogP contribution in [-0.2, 0) is 5.41 Å². The van der Waals surface area contributed by atoms with Crippen LogP contribution in [-0.4, -0.2) is 22.4 Å². The van der Waals surface area contributed by atoms with Crippen LogP contribution in [0.15, 0.2) is 0 Å². The summed E-state index contributed by atoms with van der Waals surface area (Å²) in [6, 6.07) is 0. The number of hydrogen-bond donors (Lipinski definition) is 4. The minimum Gasteiger partial charge on any atom is -0.504 e. The van der Waals surface area contributed by atoms with Gasteiger partial charge in [0, 0.05) is 23.9 Å². The van der Waals surface area contributed by atoms with Crippen molar-refractivity contribution in [3.05, 3.63) is 11.1 Å². The molecule has 0 spiro atoms. The Kier molecular flexibility index (Phi) is 2.95. The van der Waals surface area contributed by atoms with E-state index in [2.05, 4.69) is 5.32 Å². The van der Waals surface area contributed by atoms with Gasteiger partial charge in [-0.1, -0.05) is 20.8 Å². The van der Waals surface area contributed by atoms with Gasteiger partial charge in [0.25, 0.3) is 0 Å². The molecule has 0 saturated carbocycles. The van der Waals surface area contributed by atoms with Crippen LogP contribution in [0.3, 0.4) is 0 Å². The standard InChI is InChI=1S/C12H19NO3/c1-6-8(13-5)7(12(2,3)4)10(15)11(16)9(6)14/h13-16H,1-5H3. The second-order valence-electron chi connectivity index (χ2n) is 4.92. The normalized spacial score (nSPS) is 11.6. The van der Waals surface area contributed by atoms with E-state index in [0.29, 0.717) is 16.8 Å². The van der Waals surface area contributed by atoms with Crippen LogP contribution in [0.2, 0.25) is 0 Å². The third kappa shape index (κ3) is 1.75. The van der Waals surface area contributed by atoms with Gasteiger partial charge in [-0.15, -0.1) is 0 Å². The maximum Gasteiger partial charge on any atom is 0.201 e. The molecule has 90 valence electrons. The highest BCUT2D eigenvalue weighted by molar-refractivity contribution is 5.73. The number of hydrogen-bond acceptors (Lipinski definition) is 4. The van der Waals surface area contributed by atoms with E-state index in [1.54, 1.807) is 14.0 Å². The van der Waals surface area contributed by atoms with Gasteiger partial charge in [-0.3, -0.25) is 0 Å². The third-order valence-electron chi connectivity index (χ3n) is 2.67. The number of rotatable bonds is 1. The van der Waals surface area contributed by atoms with Crippen molar-refractivity contribution in [2.45, 2.75) is 33.1 Å². The lowest BCUT2D eigenvalue weighted by Crippen LogP contribution is -2.15. The maximum atomic E-state index is 9.90. The first-order chi connectivity index (χ1) is 7.21. The molecule has 0 radical (unpaired) electrons. The summed E-state index contributed by atoms with van der Waals surface area (Å²) in [4.78, 5) is 0. The van der Waals surface area contributed by atoms with Crippen molar-refractivity contribution in [1.29, 1.82) is 0 Å². The SMILES string of the molecule is CNc1c(C)c(O)c(O)c(O)c1C(C)(C)C. The maximum absolute atomic E-state index is 9.90. The number of phenolic OH excluding ortho intramolecular Hbond substituents is 3. The molecule has 0 atom stereocenters. The van der Waals surface area contributed by atoms with Crippen LogP contribution >= 0.6 is 0 Å². The minimum atomic E-state index is -0.457. The summed E-state index contributed by atoms with van der Waals surface area (Å²) in [5.41, 5.74) is 1.45. The lowest BCUT2D eigenvalue weighted by atomic mass is 9.83. The number of nitrogens with one attached hydrogen (secondary N) is 1. The molecule has 0 aromatic heterocycles. The van der Waals surface area contributed by atoms with Crippen LogP contribution in [0.1, 0.15) is 31.9 Å². The molecule has 16 heavy (non-hydrogen) atoms. The van der Waals surface area contributed by atoms with Crippen molar-refractivity contribution in [2.75, 3.05) is 12.4 Å². The second kappa shape index (κ2) is 3.77. The molecule has 0 fully saturated rings. The molecule has 4 heteroatoms. The first kappa shape index (κ1) is 12.5. The summed E-state index contributed by atoms with van der Waals surface area (Å²) in [5, 5.41) is 32.1. The highest BCUT2D eigenvalue weighted by Gasteiger charge is 2.28. The fraction of sp³-hybridized carbons (Fsp3) is 0.500. The molecule has 0 heterocycles. The second-order valence-corrected chi connectivity index (χ2v) is 4.92. The van der Waals surface area contributed by atoms with Gasteiger partial charge < -0.3 is 20.6 Å². The van der Waals surface area contributed by atoms with E-state index >= 15 is 0 Å². The Morgan fingerprint density at radius 1 is 0.938 bits per heavy atom. The molecule has 0 aliphatic rings. The van der Waals surface area contributed by atoms with Crippen LogP contribution in [0.5, 0.6) is 17.2 Å². The summed E-state index contributed by atoms with van der Waals surface area (Å²) < 4.78 is 0. The Morgan fingerprint density at radius 2 is 1.44 bits per heavy atom. The number of phenols is 3. The van der Waals surface area contributed by atoms with Crippen LogP contribution in [0.25, 0.3) is 0 Å². The first-order valence-electron chi connectivity index (χ1n) is 5.17. The fourth-order valence-electron chi connectivity index (χ4n) is 1.88. The lowest BCUT2D eigenvalue weighted by Gasteiger charge is -2.26. The van der Waals surface area contributed by atoms with Crippen molar-refractivity contribution in [2.24, 2.45) is 0 Å². The van der Waals surface area contributed by atoms with Gasteiger partial charge in [-0.2, -0.15) is 0 Å². The third-order valence-corrected chi connectivity index (χ3v) is 2.67. The molecule has 0 aliphatic heterocycles. The van der Waals surface area contributed by atoms with E-state index in [-0.39, 0.29) is 16.9 Å². The van der Waals surface area contributed by atoms with Gasteiger partial charge >= 0.3 is 0 Å². The highest BCUT2D eigenvalue weighted by atomic mass is 16.3.